The number of amides is 1. The number of carbonyl (C=O) groups is 1. The van der Waals surface area contributed by atoms with E-state index in [-0.39, 0.29) is 17.8 Å². The summed E-state index contributed by atoms with van der Waals surface area (Å²) in [5, 5.41) is 6.55. The van der Waals surface area contributed by atoms with E-state index in [0.717, 1.165) is 56.8 Å². The van der Waals surface area contributed by atoms with Gasteiger partial charge in [0.05, 0.1) is 6.04 Å². The predicted molar refractivity (Wildman–Crippen MR) is 107 cm³/mol. The molecule has 1 aromatic carbocycles. The molecule has 0 bridgehead atoms. The smallest absolute Gasteiger partial charge is 0.239 e. The summed E-state index contributed by atoms with van der Waals surface area (Å²) in [6.45, 7) is 3.37. The maximum atomic E-state index is 13.2. The first-order valence-corrected chi connectivity index (χ1v) is 9.65. The van der Waals surface area contributed by atoms with Crippen LogP contribution in [0.25, 0.3) is 0 Å². The molecule has 27 heavy (non-hydrogen) atoms. The molecule has 1 aromatic rings. The fraction of sp³-hybridized carbons (Fsp3) is 0.600. The third-order valence-corrected chi connectivity index (χ3v) is 4.82. The summed E-state index contributed by atoms with van der Waals surface area (Å²) in [7, 11) is 5.38. The number of likely N-dealkylation sites (N-methyl/N-ethyl adjacent to an activating group) is 1. The van der Waals surface area contributed by atoms with E-state index in [2.05, 4.69) is 20.5 Å². The van der Waals surface area contributed by atoms with E-state index in [1.54, 1.807) is 24.1 Å². The van der Waals surface area contributed by atoms with E-state index >= 15 is 0 Å². The van der Waals surface area contributed by atoms with Gasteiger partial charge in [-0.3, -0.25) is 14.7 Å². The molecule has 7 heteroatoms. The van der Waals surface area contributed by atoms with Crippen molar-refractivity contribution >= 4 is 11.9 Å². The van der Waals surface area contributed by atoms with Crippen molar-refractivity contribution in [3.8, 4) is 0 Å². The number of halogens is 1. The van der Waals surface area contributed by atoms with Crippen LogP contribution in [0.4, 0.5) is 4.39 Å². The van der Waals surface area contributed by atoms with Gasteiger partial charge in [0.2, 0.25) is 5.91 Å². The van der Waals surface area contributed by atoms with Crippen LogP contribution in [0.15, 0.2) is 29.3 Å². The van der Waals surface area contributed by atoms with Gasteiger partial charge in [0.1, 0.15) is 5.82 Å². The Morgan fingerprint density at radius 1 is 1.33 bits per heavy atom. The van der Waals surface area contributed by atoms with Crippen molar-refractivity contribution in [3.05, 3.63) is 35.6 Å². The number of carbonyl (C=O) groups excluding carboxylic acids is 1. The van der Waals surface area contributed by atoms with E-state index in [1.807, 2.05) is 20.2 Å². The molecule has 2 N–H and O–H groups in total. The van der Waals surface area contributed by atoms with Crippen LogP contribution in [0.2, 0.25) is 0 Å². The first-order valence-electron chi connectivity index (χ1n) is 9.65. The molecule has 1 unspecified atom stereocenters. The largest absolute Gasteiger partial charge is 0.356 e. The second-order valence-electron chi connectivity index (χ2n) is 7.09. The third-order valence-electron chi connectivity index (χ3n) is 4.82. The second-order valence-corrected chi connectivity index (χ2v) is 7.09. The van der Waals surface area contributed by atoms with E-state index in [0.29, 0.717) is 6.54 Å². The lowest BCUT2D eigenvalue weighted by Gasteiger charge is -2.26. The third kappa shape index (κ3) is 6.82. The molecule has 1 fully saturated rings. The summed E-state index contributed by atoms with van der Waals surface area (Å²) in [5.41, 5.74) is 0.962. The molecule has 0 saturated carbocycles. The minimum Gasteiger partial charge on any atom is -0.356 e. The number of nitrogens with zero attached hydrogens (tertiary/aromatic N) is 3. The molecule has 0 aliphatic carbocycles. The highest BCUT2D eigenvalue weighted by molar-refractivity contribution is 5.81. The van der Waals surface area contributed by atoms with Crippen LogP contribution in [0.5, 0.6) is 0 Å². The van der Waals surface area contributed by atoms with Gasteiger partial charge < -0.3 is 15.5 Å². The number of rotatable bonds is 8. The van der Waals surface area contributed by atoms with Crippen LogP contribution in [0.3, 0.4) is 0 Å². The normalized spacial score (nSPS) is 17.8. The molecular formula is C20H32FN5O. The van der Waals surface area contributed by atoms with Gasteiger partial charge in [-0.1, -0.05) is 12.1 Å². The molecule has 1 aliphatic rings. The van der Waals surface area contributed by atoms with E-state index in [4.69, 9.17) is 0 Å². The van der Waals surface area contributed by atoms with Crippen molar-refractivity contribution in [2.24, 2.45) is 4.99 Å². The quantitative estimate of drug-likeness (QED) is 0.409. The number of hydrogen-bond acceptors (Lipinski definition) is 3. The molecule has 1 aliphatic heterocycles. The molecule has 2 rings (SSSR count). The van der Waals surface area contributed by atoms with Crippen LogP contribution in [0, 0.1) is 5.82 Å². The Kier molecular flexibility index (Phi) is 8.51. The van der Waals surface area contributed by atoms with Gasteiger partial charge >= 0.3 is 0 Å². The van der Waals surface area contributed by atoms with Crippen molar-refractivity contribution in [2.75, 3.05) is 47.3 Å². The van der Waals surface area contributed by atoms with Crippen molar-refractivity contribution in [2.45, 2.75) is 31.7 Å². The highest BCUT2D eigenvalue weighted by Crippen LogP contribution is 2.18. The fourth-order valence-corrected chi connectivity index (χ4v) is 3.40. The Balaban J connectivity index is 1.65. The van der Waals surface area contributed by atoms with Gasteiger partial charge in [-0.05, 0) is 49.9 Å². The molecule has 1 heterocycles. The van der Waals surface area contributed by atoms with Crippen molar-refractivity contribution in [3.63, 3.8) is 0 Å². The lowest BCUT2D eigenvalue weighted by molar-refractivity contribution is -0.133. The zero-order valence-electron chi connectivity index (χ0n) is 16.7. The summed E-state index contributed by atoms with van der Waals surface area (Å²) in [6.07, 6.45) is 3.72. The standard InChI is InChI=1S/C20H32FN5O/c1-22-20(24-12-10-16-7-4-8-17(21)15-16)23-11-6-14-26-13-5-9-18(26)19(27)25(2)3/h4,7-8,15,18H,5-6,9-14H2,1-3H3,(H2,22,23,24). The number of nitrogens with one attached hydrogen (secondary N) is 2. The minimum absolute atomic E-state index is 0.0312. The summed E-state index contributed by atoms with van der Waals surface area (Å²) in [6, 6.07) is 6.68. The van der Waals surface area contributed by atoms with Gasteiger partial charge in [-0.2, -0.15) is 0 Å². The van der Waals surface area contributed by atoms with Gasteiger partial charge in [-0.25, -0.2) is 4.39 Å². The number of aliphatic imine (C=N–C) groups is 1. The van der Waals surface area contributed by atoms with Crippen molar-refractivity contribution in [1.82, 2.24) is 20.4 Å². The molecule has 0 radical (unpaired) electrons. The lowest BCUT2D eigenvalue weighted by Crippen LogP contribution is -2.44. The summed E-state index contributed by atoms with van der Waals surface area (Å²) in [5.74, 6) is 0.743. The van der Waals surface area contributed by atoms with E-state index < -0.39 is 0 Å². The van der Waals surface area contributed by atoms with Crippen molar-refractivity contribution in [1.29, 1.82) is 0 Å². The van der Waals surface area contributed by atoms with Gasteiger partial charge in [0.15, 0.2) is 5.96 Å². The maximum absolute atomic E-state index is 13.2. The van der Waals surface area contributed by atoms with Gasteiger partial charge in [-0.15, -0.1) is 0 Å². The molecule has 1 atom stereocenters. The Morgan fingerprint density at radius 2 is 2.11 bits per heavy atom. The molecule has 0 aromatic heterocycles. The summed E-state index contributed by atoms with van der Waals surface area (Å²) in [4.78, 5) is 20.4. The van der Waals surface area contributed by atoms with E-state index in [9.17, 15) is 9.18 Å². The number of guanidine groups is 1. The van der Waals surface area contributed by atoms with Crippen molar-refractivity contribution < 1.29 is 9.18 Å². The Bertz CT molecular complexity index is 635. The monoisotopic (exact) mass is 377 g/mol. The Labute approximate surface area is 161 Å². The zero-order valence-corrected chi connectivity index (χ0v) is 16.7. The highest BCUT2D eigenvalue weighted by Gasteiger charge is 2.30. The molecular weight excluding hydrogens is 345 g/mol. The topological polar surface area (TPSA) is 60.0 Å². The highest BCUT2D eigenvalue weighted by atomic mass is 19.1. The zero-order chi connectivity index (χ0) is 19.6. The predicted octanol–water partition coefficient (Wildman–Crippen LogP) is 1.48. The number of likely N-dealkylation sites (tertiary alicyclic amines) is 1. The summed E-state index contributed by atoms with van der Waals surface area (Å²) >= 11 is 0. The van der Waals surface area contributed by atoms with Crippen LogP contribution < -0.4 is 10.6 Å². The molecule has 150 valence electrons. The second kappa shape index (κ2) is 10.9. The van der Waals surface area contributed by atoms with E-state index in [1.165, 1.54) is 6.07 Å². The fourth-order valence-electron chi connectivity index (χ4n) is 3.40. The number of hydrogen-bond donors (Lipinski definition) is 2. The SMILES string of the molecule is CN=C(NCCCN1CCCC1C(=O)N(C)C)NCCc1cccc(F)c1. The Morgan fingerprint density at radius 3 is 2.81 bits per heavy atom. The first-order chi connectivity index (χ1) is 13.0. The summed E-state index contributed by atoms with van der Waals surface area (Å²) < 4.78 is 13.2. The Hall–Kier alpha value is -2.15. The average Bonchev–Trinajstić information content (AvgIpc) is 3.11. The first kappa shape index (κ1) is 21.2. The lowest BCUT2D eigenvalue weighted by atomic mass is 10.1. The molecule has 1 amide bonds. The number of benzene rings is 1. The molecule has 0 spiro atoms. The van der Waals surface area contributed by atoms with Crippen LogP contribution in [0.1, 0.15) is 24.8 Å². The average molecular weight is 378 g/mol. The van der Waals surface area contributed by atoms with Crippen LogP contribution in [-0.2, 0) is 11.2 Å². The minimum atomic E-state index is -0.206. The molecule has 1 saturated heterocycles. The maximum Gasteiger partial charge on any atom is 0.239 e. The molecule has 6 nitrogen and oxygen atoms in total. The van der Waals surface area contributed by atoms with Gasteiger partial charge in [0.25, 0.3) is 0 Å². The van der Waals surface area contributed by atoms with Crippen LogP contribution >= 0.6 is 0 Å². The van der Waals surface area contributed by atoms with Gasteiger partial charge in [0, 0.05) is 40.8 Å². The van der Waals surface area contributed by atoms with Crippen LogP contribution in [-0.4, -0.2) is 75.0 Å².